The van der Waals surface area contributed by atoms with Gasteiger partial charge in [-0.05, 0) is 60.2 Å². The van der Waals surface area contributed by atoms with Crippen molar-refractivity contribution in [3.05, 3.63) is 110 Å². The minimum atomic E-state index is -0.476. The normalized spacial score (nSPS) is 15.1. The molecule has 0 radical (unpaired) electrons. The number of aromatic nitrogens is 1. The number of halogens is 3. The summed E-state index contributed by atoms with van der Waals surface area (Å²) in [6.07, 6.45) is 1.78. The number of hydrogen-bond donors (Lipinski definition) is 0. The van der Waals surface area contributed by atoms with Crippen LogP contribution in [-0.2, 0) is 17.9 Å². The van der Waals surface area contributed by atoms with E-state index in [1.165, 1.54) is 18.2 Å². The predicted molar refractivity (Wildman–Crippen MR) is 140 cm³/mol. The van der Waals surface area contributed by atoms with E-state index < -0.39 is 11.7 Å². The van der Waals surface area contributed by atoms with E-state index in [1.807, 2.05) is 55.5 Å². The van der Waals surface area contributed by atoms with Crippen LogP contribution < -0.4 is 0 Å². The van der Waals surface area contributed by atoms with Gasteiger partial charge in [0, 0.05) is 38.8 Å². The summed E-state index contributed by atoms with van der Waals surface area (Å²) in [5.74, 6) is -0.876. The molecular formula is C27H19Cl2FN2O2S. The van der Waals surface area contributed by atoms with Gasteiger partial charge in [-0.3, -0.25) is 14.5 Å². The molecule has 2 heterocycles. The number of fused-ring (bicyclic) bond motifs is 1. The van der Waals surface area contributed by atoms with Gasteiger partial charge < -0.3 is 4.57 Å². The minimum absolute atomic E-state index is 0.0195. The van der Waals surface area contributed by atoms with Crippen LogP contribution in [0.4, 0.5) is 9.18 Å². The zero-order valence-electron chi connectivity index (χ0n) is 18.6. The maximum atomic E-state index is 13.4. The molecule has 3 aromatic carbocycles. The zero-order chi connectivity index (χ0) is 24.7. The highest BCUT2D eigenvalue weighted by Crippen LogP contribution is 2.37. The Balaban J connectivity index is 1.51. The first kappa shape index (κ1) is 23.7. The number of thioether (sulfide) groups is 1. The summed E-state index contributed by atoms with van der Waals surface area (Å²) >= 11 is 13.4. The average Bonchev–Trinajstić information content (AvgIpc) is 3.25. The highest BCUT2D eigenvalue weighted by atomic mass is 35.5. The Morgan fingerprint density at radius 2 is 1.63 bits per heavy atom. The van der Waals surface area contributed by atoms with E-state index >= 15 is 0 Å². The molecule has 176 valence electrons. The number of carbonyl (C=O) groups is 2. The van der Waals surface area contributed by atoms with Gasteiger partial charge in [-0.15, -0.1) is 0 Å². The monoisotopic (exact) mass is 524 g/mol. The molecule has 1 aromatic heterocycles. The van der Waals surface area contributed by atoms with Crippen LogP contribution in [0.2, 0.25) is 10.0 Å². The lowest BCUT2D eigenvalue weighted by Crippen LogP contribution is -2.27. The summed E-state index contributed by atoms with van der Waals surface area (Å²) in [6, 6.07) is 19.5. The van der Waals surface area contributed by atoms with Crippen LogP contribution in [0.5, 0.6) is 0 Å². The van der Waals surface area contributed by atoms with Gasteiger partial charge in [0.05, 0.1) is 11.4 Å². The molecule has 1 aliphatic heterocycles. The quantitative estimate of drug-likeness (QED) is 0.251. The van der Waals surface area contributed by atoms with Gasteiger partial charge in [0.1, 0.15) is 5.82 Å². The molecular weight excluding hydrogens is 506 g/mol. The fourth-order valence-corrected chi connectivity index (χ4v) is 5.47. The van der Waals surface area contributed by atoms with Crippen molar-refractivity contribution < 1.29 is 14.0 Å². The Kier molecular flexibility index (Phi) is 6.45. The maximum absolute atomic E-state index is 13.4. The molecule has 35 heavy (non-hydrogen) atoms. The van der Waals surface area contributed by atoms with Crippen molar-refractivity contribution in [2.24, 2.45) is 0 Å². The summed E-state index contributed by atoms with van der Waals surface area (Å²) in [5.41, 5.74) is 4.33. The molecule has 4 aromatic rings. The van der Waals surface area contributed by atoms with Gasteiger partial charge in [-0.25, -0.2) is 4.39 Å². The summed E-state index contributed by atoms with van der Waals surface area (Å²) < 4.78 is 15.5. The Bertz CT molecular complexity index is 1530. The molecule has 1 fully saturated rings. The highest BCUT2D eigenvalue weighted by molar-refractivity contribution is 8.18. The standard InChI is InChI=1S/C27H19Cl2FN2O2S/c1-16-21(20-7-3-5-9-24(20)31(16)14-17-6-2-4-8-22(17)28)13-25-26(33)32(27(34)35-25)15-18-10-11-19(30)12-23(18)29/h2-13H,14-15H2,1H3/b25-13-. The number of hydrogen-bond acceptors (Lipinski definition) is 3. The Morgan fingerprint density at radius 3 is 2.40 bits per heavy atom. The Labute approximate surface area is 215 Å². The summed E-state index contributed by atoms with van der Waals surface area (Å²) in [7, 11) is 0. The predicted octanol–water partition coefficient (Wildman–Crippen LogP) is 7.68. The van der Waals surface area contributed by atoms with Crippen LogP contribution in [0.3, 0.4) is 0 Å². The van der Waals surface area contributed by atoms with Crippen LogP contribution >= 0.6 is 35.0 Å². The van der Waals surface area contributed by atoms with Gasteiger partial charge in [0.25, 0.3) is 11.1 Å². The second-order valence-electron chi connectivity index (χ2n) is 8.20. The number of amides is 2. The molecule has 0 atom stereocenters. The molecule has 0 unspecified atom stereocenters. The van der Waals surface area contributed by atoms with Crippen molar-refractivity contribution in [1.29, 1.82) is 0 Å². The SMILES string of the molecule is Cc1c(/C=C2\SC(=O)N(Cc3ccc(F)cc3Cl)C2=O)c2ccccc2n1Cc1ccccc1Cl. The van der Waals surface area contributed by atoms with Crippen molar-refractivity contribution in [3.63, 3.8) is 0 Å². The third-order valence-electron chi connectivity index (χ3n) is 6.06. The molecule has 0 saturated carbocycles. The Hall–Kier alpha value is -3.06. The molecule has 1 saturated heterocycles. The van der Waals surface area contributed by atoms with Crippen LogP contribution in [-0.4, -0.2) is 20.6 Å². The lowest BCUT2D eigenvalue weighted by molar-refractivity contribution is -0.123. The molecule has 1 aliphatic rings. The van der Waals surface area contributed by atoms with Gasteiger partial charge >= 0.3 is 0 Å². The lowest BCUT2D eigenvalue weighted by atomic mass is 10.1. The van der Waals surface area contributed by atoms with Gasteiger partial charge in [-0.1, -0.05) is 65.7 Å². The second kappa shape index (κ2) is 9.53. The topological polar surface area (TPSA) is 42.3 Å². The van der Waals surface area contributed by atoms with E-state index in [2.05, 4.69) is 4.57 Å². The smallest absolute Gasteiger partial charge is 0.293 e. The lowest BCUT2D eigenvalue weighted by Gasteiger charge is -2.13. The van der Waals surface area contributed by atoms with Crippen molar-refractivity contribution in [2.45, 2.75) is 20.0 Å². The van der Waals surface area contributed by atoms with Crippen LogP contribution in [0.25, 0.3) is 17.0 Å². The summed E-state index contributed by atoms with van der Waals surface area (Å²) in [6.45, 7) is 2.55. The number of rotatable bonds is 5. The van der Waals surface area contributed by atoms with E-state index in [0.717, 1.165) is 44.4 Å². The van der Waals surface area contributed by atoms with Crippen molar-refractivity contribution in [2.75, 3.05) is 0 Å². The average molecular weight is 525 g/mol. The molecule has 0 spiro atoms. The highest BCUT2D eigenvalue weighted by Gasteiger charge is 2.35. The Morgan fingerprint density at radius 1 is 0.914 bits per heavy atom. The van der Waals surface area contributed by atoms with Crippen molar-refractivity contribution >= 4 is 63.1 Å². The largest absolute Gasteiger partial charge is 0.340 e. The van der Waals surface area contributed by atoms with E-state index in [9.17, 15) is 14.0 Å². The molecule has 8 heteroatoms. The number of para-hydroxylation sites is 1. The summed E-state index contributed by atoms with van der Waals surface area (Å²) in [5, 5.41) is 1.45. The number of carbonyl (C=O) groups excluding carboxylic acids is 2. The molecule has 0 N–H and O–H groups in total. The van der Waals surface area contributed by atoms with Gasteiger partial charge in [0.2, 0.25) is 0 Å². The first-order valence-corrected chi connectivity index (χ1v) is 12.4. The third-order valence-corrected chi connectivity index (χ3v) is 7.69. The first-order chi connectivity index (χ1) is 16.8. The van der Waals surface area contributed by atoms with E-state index in [0.29, 0.717) is 22.0 Å². The van der Waals surface area contributed by atoms with Crippen molar-refractivity contribution in [1.82, 2.24) is 9.47 Å². The molecule has 5 rings (SSSR count). The molecule has 0 bridgehead atoms. The van der Waals surface area contributed by atoms with Gasteiger partial charge in [0.15, 0.2) is 0 Å². The number of imide groups is 1. The number of benzene rings is 3. The van der Waals surface area contributed by atoms with E-state index in [-0.39, 0.29) is 16.8 Å². The third kappa shape index (κ3) is 4.49. The fourth-order valence-electron chi connectivity index (χ4n) is 4.23. The molecule has 4 nitrogen and oxygen atoms in total. The van der Waals surface area contributed by atoms with Crippen LogP contribution in [0.15, 0.2) is 71.6 Å². The fraction of sp³-hybridized carbons (Fsp3) is 0.111. The van der Waals surface area contributed by atoms with Crippen LogP contribution in [0, 0.1) is 12.7 Å². The molecule has 0 aliphatic carbocycles. The van der Waals surface area contributed by atoms with E-state index in [4.69, 9.17) is 23.2 Å². The number of nitrogens with zero attached hydrogens (tertiary/aromatic N) is 2. The van der Waals surface area contributed by atoms with Crippen molar-refractivity contribution in [3.8, 4) is 0 Å². The maximum Gasteiger partial charge on any atom is 0.293 e. The van der Waals surface area contributed by atoms with E-state index in [1.54, 1.807) is 6.08 Å². The summed E-state index contributed by atoms with van der Waals surface area (Å²) in [4.78, 5) is 27.3. The molecule has 2 amide bonds. The van der Waals surface area contributed by atoms with Gasteiger partial charge in [-0.2, -0.15) is 0 Å². The second-order valence-corrected chi connectivity index (χ2v) is 10.0. The first-order valence-electron chi connectivity index (χ1n) is 10.8. The van der Waals surface area contributed by atoms with Crippen LogP contribution in [0.1, 0.15) is 22.4 Å². The minimum Gasteiger partial charge on any atom is -0.340 e. The zero-order valence-corrected chi connectivity index (χ0v) is 20.9.